The standard InChI is InChI=1S/C29H32F3N7O/c1-28(2,18-33)26-10-9-21(17-35-26)37-27(40)34-13-5-6-22-16-23-24(36-20-11-14-38(3)15-12-20)7-4-8-25(23)39(22)19-29(30,31)32/h4,7-10,16-17,20,36H,11-15,19H2,1-3H3,(H2,34,37,40). The van der Waals surface area contributed by atoms with Gasteiger partial charge in [0.25, 0.3) is 0 Å². The molecular weight excluding hydrogens is 519 g/mol. The SMILES string of the molecule is CN1CCC(Nc2cccc3c2cc(C#CCNC(=O)Nc2ccc(C(C)(C)C#N)nc2)n3CC(F)(F)F)CC1. The molecule has 0 spiro atoms. The third-order valence-electron chi connectivity index (χ3n) is 6.86. The lowest BCUT2D eigenvalue weighted by atomic mass is 9.91. The van der Waals surface area contributed by atoms with Gasteiger partial charge in [-0.2, -0.15) is 18.4 Å². The van der Waals surface area contributed by atoms with Gasteiger partial charge >= 0.3 is 12.2 Å². The molecule has 3 heterocycles. The van der Waals surface area contributed by atoms with Gasteiger partial charge in [0.2, 0.25) is 0 Å². The molecule has 1 fully saturated rings. The lowest BCUT2D eigenvalue weighted by Crippen LogP contribution is -2.36. The number of hydrogen-bond acceptors (Lipinski definition) is 5. The van der Waals surface area contributed by atoms with Crippen LogP contribution < -0.4 is 16.0 Å². The molecule has 3 aromatic rings. The molecule has 210 valence electrons. The number of aromatic nitrogens is 2. The van der Waals surface area contributed by atoms with Crippen LogP contribution in [0.3, 0.4) is 0 Å². The Labute approximate surface area is 231 Å². The third kappa shape index (κ3) is 7.25. The second-order valence-corrected chi connectivity index (χ2v) is 10.5. The van der Waals surface area contributed by atoms with Crippen LogP contribution in [0.2, 0.25) is 0 Å². The second kappa shape index (κ2) is 11.9. The minimum atomic E-state index is -4.43. The molecule has 40 heavy (non-hydrogen) atoms. The largest absolute Gasteiger partial charge is 0.406 e. The van der Waals surface area contributed by atoms with Crippen molar-refractivity contribution >= 4 is 28.3 Å². The van der Waals surface area contributed by atoms with E-state index in [1.807, 2.05) is 6.07 Å². The number of urea groups is 1. The molecule has 4 rings (SSSR count). The highest BCUT2D eigenvalue weighted by Gasteiger charge is 2.30. The summed E-state index contributed by atoms with van der Waals surface area (Å²) in [5.41, 5.74) is 1.69. The first-order valence-electron chi connectivity index (χ1n) is 13.0. The van der Waals surface area contributed by atoms with E-state index in [0.29, 0.717) is 22.3 Å². The van der Waals surface area contributed by atoms with Crippen LogP contribution in [0.5, 0.6) is 0 Å². The van der Waals surface area contributed by atoms with Gasteiger partial charge in [0.1, 0.15) is 6.54 Å². The first kappa shape index (κ1) is 28.8. The Morgan fingerprint density at radius 2 is 1.93 bits per heavy atom. The molecule has 2 amide bonds. The molecule has 1 aromatic carbocycles. The van der Waals surface area contributed by atoms with Gasteiger partial charge in [-0.15, -0.1) is 0 Å². The van der Waals surface area contributed by atoms with Gasteiger partial charge in [-0.05, 0) is 83.1 Å². The number of benzene rings is 1. The van der Waals surface area contributed by atoms with Crippen molar-refractivity contribution in [2.24, 2.45) is 0 Å². The van der Waals surface area contributed by atoms with Crippen molar-refractivity contribution in [2.75, 3.05) is 37.3 Å². The lowest BCUT2D eigenvalue weighted by molar-refractivity contribution is -0.140. The van der Waals surface area contributed by atoms with E-state index in [-0.39, 0.29) is 18.3 Å². The van der Waals surface area contributed by atoms with Crippen molar-refractivity contribution in [3.05, 3.63) is 54.0 Å². The number of nitrogens with one attached hydrogen (secondary N) is 3. The Morgan fingerprint density at radius 1 is 1.18 bits per heavy atom. The van der Waals surface area contributed by atoms with Gasteiger partial charge in [-0.3, -0.25) is 4.98 Å². The number of hydrogen-bond donors (Lipinski definition) is 3. The van der Waals surface area contributed by atoms with Crippen LogP contribution in [0.25, 0.3) is 10.9 Å². The van der Waals surface area contributed by atoms with Crippen molar-refractivity contribution in [2.45, 2.75) is 50.9 Å². The molecule has 0 unspecified atom stereocenters. The number of alkyl halides is 3. The Morgan fingerprint density at radius 3 is 2.58 bits per heavy atom. The Kier molecular flexibility index (Phi) is 8.55. The van der Waals surface area contributed by atoms with Crippen LogP contribution in [0, 0.1) is 23.2 Å². The number of anilines is 2. The fourth-order valence-electron chi connectivity index (χ4n) is 4.57. The normalized spacial score (nSPS) is 14.7. The molecule has 0 aliphatic carbocycles. The summed E-state index contributed by atoms with van der Waals surface area (Å²) in [5.74, 6) is 5.56. The van der Waals surface area contributed by atoms with E-state index >= 15 is 0 Å². The molecule has 0 saturated carbocycles. The molecule has 0 bridgehead atoms. The van der Waals surface area contributed by atoms with Gasteiger partial charge in [-0.1, -0.05) is 12.0 Å². The van der Waals surface area contributed by atoms with Crippen LogP contribution in [-0.4, -0.2) is 59.4 Å². The maximum Gasteiger partial charge on any atom is 0.406 e. The highest BCUT2D eigenvalue weighted by molar-refractivity contribution is 5.94. The smallest absolute Gasteiger partial charge is 0.382 e. The maximum atomic E-state index is 13.5. The first-order chi connectivity index (χ1) is 18.9. The van der Waals surface area contributed by atoms with Crippen molar-refractivity contribution in [3.63, 3.8) is 0 Å². The zero-order valence-electron chi connectivity index (χ0n) is 22.7. The van der Waals surface area contributed by atoms with Gasteiger partial charge < -0.3 is 25.4 Å². The van der Waals surface area contributed by atoms with Crippen molar-refractivity contribution in [1.29, 1.82) is 5.26 Å². The van der Waals surface area contributed by atoms with Crippen LogP contribution >= 0.6 is 0 Å². The number of nitrogens with zero attached hydrogens (tertiary/aromatic N) is 4. The zero-order valence-corrected chi connectivity index (χ0v) is 22.7. The van der Waals surface area contributed by atoms with E-state index in [1.54, 1.807) is 44.2 Å². The number of pyridine rings is 1. The summed E-state index contributed by atoms with van der Waals surface area (Å²) in [5, 5.41) is 18.6. The number of nitriles is 1. The maximum absolute atomic E-state index is 13.5. The van der Waals surface area contributed by atoms with Crippen molar-refractivity contribution < 1.29 is 18.0 Å². The van der Waals surface area contributed by atoms with Crippen molar-refractivity contribution in [3.8, 4) is 17.9 Å². The number of carbonyl (C=O) groups is 1. The zero-order chi connectivity index (χ0) is 28.9. The van der Waals surface area contributed by atoms with Gasteiger partial charge in [0.05, 0.1) is 46.8 Å². The van der Waals surface area contributed by atoms with E-state index in [9.17, 15) is 23.2 Å². The molecule has 0 radical (unpaired) electrons. The van der Waals surface area contributed by atoms with E-state index < -0.39 is 24.2 Å². The number of amides is 2. The molecule has 8 nitrogen and oxygen atoms in total. The molecule has 1 aliphatic heterocycles. The van der Waals surface area contributed by atoms with E-state index in [0.717, 1.165) is 36.2 Å². The summed E-state index contributed by atoms with van der Waals surface area (Å²) >= 11 is 0. The molecule has 1 aliphatic rings. The molecule has 2 aromatic heterocycles. The predicted molar refractivity (Wildman–Crippen MR) is 149 cm³/mol. The first-order valence-corrected chi connectivity index (χ1v) is 13.0. The Bertz CT molecular complexity index is 1450. The molecule has 0 atom stereocenters. The molecule has 3 N–H and O–H groups in total. The van der Waals surface area contributed by atoms with Crippen LogP contribution in [0.4, 0.5) is 29.3 Å². The summed E-state index contributed by atoms with van der Waals surface area (Å²) in [4.78, 5) is 18.8. The third-order valence-corrected chi connectivity index (χ3v) is 6.86. The summed E-state index contributed by atoms with van der Waals surface area (Å²) in [6.07, 6.45) is -1.07. The number of fused-ring (bicyclic) bond motifs is 1. The monoisotopic (exact) mass is 551 g/mol. The summed E-state index contributed by atoms with van der Waals surface area (Å²) in [6.45, 7) is 4.16. The molecule has 1 saturated heterocycles. The Balaban J connectivity index is 1.46. The number of piperidine rings is 1. The van der Waals surface area contributed by atoms with Crippen LogP contribution in [0.15, 0.2) is 42.6 Å². The van der Waals surface area contributed by atoms with E-state index in [1.165, 1.54) is 6.20 Å². The lowest BCUT2D eigenvalue weighted by Gasteiger charge is -2.30. The van der Waals surface area contributed by atoms with Gasteiger partial charge in [-0.25, -0.2) is 4.79 Å². The minimum Gasteiger partial charge on any atom is -0.382 e. The highest BCUT2D eigenvalue weighted by atomic mass is 19.4. The second-order valence-electron chi connectivity index (χ2n) is 10.5. The Hall–Kier alpha value is -4.22. The van der Waals surface area contributed by atoms with E-state index in [4.69, 9.17) is 0 Å². The number of rotatable bonds is 6. The van der Waals surface area contributed by atoms with Crippen LogP contribution in [0.1, 0.15) is 38.1 Å². The quantitative estimate of drug-likeness (QED) is 0.371. The number of carbonyl (C=O) groups excluding carboxylic acids is 1. The minimum absolute atomic E-state index is 0.0763. The number of halogens is 3. The summed E-state index contributed by atoms with van der Waals surface area (Å²) < 4.78 is 41.6. The predicted octanol–water partition coefficient (Wildman–Crippen LogP) is 5.08. The van der Waals surface area contributed by atoms with Gasteiger partial charge in [0.15, 0.2) is 0 Å². The fourth-order valence-corrected chi connectivity index (χ4v) is 4.57. The average Bonchev–Trinajstić information content (AvgIpc) is 3.25. The fraction of sp³-hybridized carbons (Fsp3) is 0.414. The van der Waals surface area contributed by atoms with Crippen LogP contribution in [-0.2, 0) is 12.0 Å². The summed E-state index contributed by atoms with van der Waals surface area (Å²) in [7, 11) is 2.07. The topological polar surface area (TPSA) is 98.0 Å². The van der Waals surface area contributed by atoms with Crippen molar-refractivity contribution in [1.82, 2.24) is 19.8 Å². The molecular formula is C29H32F3N7O. The number of likely N-dealkylation sites (tertiary alicyclic amines) is 1. The van der Waals surface area contributed by atoms with Gasteiger partial charge in [0, 0.05) is 17.1 Å². The average molecular weight is 552 g/mol. The van der Waals surface area contributed by atoms with E-state index in [2.05, 4.69) is 50.8 Å². The highest BCUT2D eigenvalue weighted by Crippen LogP contribution is 2.31. The molecule has 11 heteroatoms. The summed E-state index contributed by atoms with van der Waals surface area (Å²) in [6, 6.07) is 12.1.